The van der Waals surface area contributed by atoms with Crippen molar-refractivity contribution in [3.8, 4) is 11.5 Å². The molecule has 0 spiro atoms. The fraction of sp³-hybridized carbons (Fsp3) is 0.200. The quantitative estimate of drug-likeness (QED) is 0.870. The molecule has 0 radical (unpaired) electrons. The van der Waals surface area contributed by atoms with E-state index in [2.05, 4.69) is 0 Å². The predicted octanol–water partition coefficient (Wildman–Crippen LogP) is 3.80. The van der Waals surface area contributed by atoms with Gasteiger partial charge in [-0.3, -0.25) is 9.59 Å². The van der Waals surface area contributed by atoms with Crippen LogP contribution in [0.4, 0.5) is 0 Å². The van der Waals surface area contributed by atoms with Crippen LogP contribution in [0.5, 0.6) is 11.5 Å². The molecule has 0 saturated carbocycles. The van der Waals surface area contributed by atoms with E-state index in [0.717, 1.165) is 16.7 Å². The van der Waals surface area contributed by atoms with Gasteiger partial charge < -0.3 is 9.84 Å². The van der Waals surface area contributed by atoms with Crippen LogP contribution in [0.2, 0.25) is 0 Å². The van der Waals surface area contributed by atoms with E-state index in [1.54, 1.807) is 37.3 Å². The normalized spacial score (nSPS) is 19.1. The number of phenolic OH excluding ortho intramolecular Hbond substituents is 1. The number of hydrogen-bond acceptors (Lipinski definition) is 4. The van der Waals surface area contributed by atoms with Gasteiger partial charge in [-0.1, -0.05) is 24.3 Å². The van der Waals surface area contributed by atoms with Crippen LogP contribution in [0, 0.1) is 0 Å². The van der Waals surface area contributed by atoms with E-state index in [1.807, 2.05) is 18.2 Å². The van der Waals surface area contributed by atoms with Gasteiger partial charge in [0.2, 0.25) is 0 Å². The van der Waals surface area contributed by atoms with Gasteiger partial charge in [-0.15, -0.1) is 0 Å². The Bertz CT molecular complexity index is 818. The third-order valence-electron chi connectivity index (χ3n) is 4.10. The fourth-order valence-electron chi connectivity index (χ4n) is 2.96. The Balaban J connectivity index is 1.99. The van der Waals surface area contributed by atoms with Crippen molar-refractivity contribution in [2.45, 2.75) is 25.9 Å². The van der Waals surface area contributed by atoms with E-state index in [1.165, 1.54) is 13.0 Å². The van der Waals surface area contributed by atoms with Gasteiger partial charge in [-0.2, -0.15) is 0 Å². The molecule has 0 fully saturated rings. The maximum absolute atomic E-state index is 12.2. The molecule has 0 aromatic heterocycles. The summed E-state index contributed by atoms with van der Waals surface area (Å²) in [7, 11) is 0. The number of phenols is 1. The summed E-state index contributed by atoms with van der Waals surface area (Å²) < 4.78 is 5.99. The minimum Gasteiger partial charge on any atom is -0.508 e. The van der Waals surface area contributed by atoms with Crippen molar-refractivity contribution in [3.05, 3.63) is 65.2 Å². The van der Waals surface area contributed by atoms with Crippen molar-refractivity contribution in [2.75, 3.05) is 0 Å². The summed E-state index contributed by atoms with van der Waals surface area (Å²) in [6.45, 7) is 3.04. The van der Waals surface area contributed by atoms with Gasteiger partial charge in [0, 0.05) is 5.56 Å². The summed E-state index contributed by atoms with van der Waals surface area (Å²) in [4.78, 5) is 23.3. The number of rotatable bonds is 4. The number of aromatic hydroxyl groups is 1. The number of benzene rings is 2. The van der Waals surface area contributed by atoms with Crippen molar-refractivity contribution < 1.29 is 19.4 Å². The van der Waals surface area contributed by atoms with Crippen LogP contribution >= 0.6 is 0 Å². The van der Waals surface area contributed by atoms with Crippen LogP contribution < -0.4 is 4.74 Å². The molecule has 0 amide bonds. The van der Waals surface area contributed by atoms with Gasteiger partial charge in [-0.05, 0) is 55.3 Å². The first-order valence-electron chi connectivity index (χ1n) is 7.74. The molecule has 24 heavy (non-hydrogen) atoms. The van der Waals surface area contributed by atoms with Crippen LogP contribution in [0.1, 0.15) is 42.6 Å². The number of hydrogen-bond donors (Lipinski definition) is 1. The van der Waals surface area contributed by atoms with Crippen LogP contribution in [-0.2, 0) is 9.59 Å². The molecule has 2 aromatic rings. The number of carbonyl (C=O) groups excluding carboxylic acids is 2. The summed E-state index contributed by atoms with van der Waals surface area (Å²) in [5.41, 5.74) is 2.52. The zero-order chi connectivity index (χ0) is 17.3. The highest BCUT2D eigenvalue weighted by Crippen LogP contribution is 2.47. The Kier molecular flexibility index (Phi) is 4.21. The highest BCUT2D eigenvalue weighted by molar-refractivity contribution is 5.92. The zero-order valence-electron chi connectivity index (χ0n) is 13.5. The van der Waals surface area contributed by atoms with Crippen molar-refractivity contribution in [3.63, 3.8) is 0 Å². The molecule has 4 heteroatoms. The Morgan fingerprint density at radius 3 is 2.42 bits per heavy atom. The first-order chi connectivity index (χ1) is 11.5. The number of ketones is 2. The first kappa shape index (κ1) is 16.0. The number of Topliss-reactive ketones (excluding diaryl/α,β-unsaturated/α-hetero) is 1. The van der Waals surface area contributed by atoms with E-state index in [9.17, 15) is 14.7 Å². The van der Waals surface area contributed by atoms with E-state index in [0.29, 0.717) is 5.75 Å². The van der Waals surface area contributed by atoms with Crippen molar-refractivity contribution in [2.24, 2.45) is 0 Å². The Labute approximate surface area is 140 Å². The molecule has 0 aliphatic carbocycles. The zero-order valence-corrected chi connectivity index (χ0v) is 13.5. The smallest absolute Gasteiger partial charge is 0.152 e. The lowest BCUT2D eigenvalue weighted by atomic mass is 9.87. The lowest BCUT2D eigenvalue weighted by Gasteiger charge is -2.17. The summed E-state index contributed by atoms with van der Waals surface area (Å²) in [5.74, 6) is 0.421. The number of ether oxygens (including phenoxy) is 1. The van der Waals surface area contributed by atoms with E-state index >= 15 is 0 Å². The van der Waals surface area contributed by atoms with Crippen molar-refractivity contribution >= 4 is 17.6 Å². The Morgan fingerprint density at radius 1 is 1.08 bits per heavy atom. The summed E-state index contributed by atoms with van der Waals surface area (Å²) >= 11 is 0. The average molecular weight is 322 g/mol. The first-order valence-corrected chi connectivity index (χ1v) is 7.74. The molecule has 2 atom stereocenters. The Morgan fingerprint density at radius 2 is 1.79 bits per heavy atom. The molecule has 1 N–H and O–H groups in total. The molecule has 1 heterocycles. The maximum atomic E-state index is 12.2. The third-order valence-corrected chi connectivity index (χ3v) is 4.10. The van der Waals surface area contributed by atoms with E-state index in [-0.39, 0.29) is 17.3 Å². The molecule has 4 nitrogen and oxygen atoms in total. The lowest BCUT2D eigenvalue weighted by Crippen LogP contribution is -2.16. The topological polar surface area (TPSA) is 63.6 Å². The van der Waals surface area contributed by atoms with Crippen LogP contribution in [0.3, 0.4) is 0 Å². The second kappa shape index (κ2) is 6.32. The minimum absolute atomic E-state index is 0.0134. The van der Waals surface area contributed by atoms with Gasteiger partial charge >= 0.3 is 0 Å². The van der Waals surface area contributed by atoms with Crippen LogP contribution in [-0.4, -0.2) is 16.7 Å². The van der Waals surface area contributed by atoms with E-state index < -0.39 is 12.0 Å². The van der Waals surface area contributed by atoms with Crippen molar-refractivity contribution in [1.82, 2.24) is 0 Å². The lowest BCUT2D eigenvalue weighted by molar-refractivity contribution is -0.119. The fourth-order valence-corrected chi connectivity index (χ4v) is 2.96. The largest absolute Gasteiger partial charge is 0.508 e. The predicted molar refractivity (Wildman–Crippen MR) is 91.1 cm³/mol. The summed E-state index contributed by atoms with van der Waals surface area (Å²) in [6.07, 6.45) is 2.82. The van der Waals surface area contributed by atoms with Crippen LogP contribution in [0.15, 0.2) is 48.5 Å². The van der Waals surface area contributed by atoms with Gasteiger partial charge in [0.25, 0.3) is 0 Å². The molecular weight excluding hydrogens is 304 g/mol. The van der Waals surface area contributed by atoms with Crippen molar-refractivity contribution in [1.29, 1.82) is 0 Å². The van der Waals surface area contributed by atoms with Gasteiger partial charge in [0.1, 0.15) is 23.4 Å². The highest BCUT2D eigenvalue weighted by atomic mass is 16.5. The molecular formula is C20H18O4. The molecule has 122 valence electrons. The maximum Gasteiger partial charge on any atom is 0.152 e. The number of fused-ring (bicyclic) bond motifs is 1. The highest BCUT2D eigenvalue weighted by Gasteiger charge is 2.38. The number of carbonyl (C=O) groups is 2. The average Bonchev–Trinajstić information content (AvgIpc) is 2.92. The van der Waals surface area contributed by atoms with Gasteiger partial charge in [0.15, 0.2) is 5.78 Å². The third kappa shape index (κ3) is 3.08. The second-order valence-electron chi connectivity index (χ2n) is 5.96. The molecule has 0 bridgehead atoms. The molecule has 3 rings (SSSR count). The monoisotopic (exact) mass is 322 g/mol. The van der Waals surface area contributed by atoms with E-state index in [4.69, 9.17) is 4.74 Å². The van der Waals surface area contributed by atoms with Gasteiger partial charge in [0.05, 0.1) is 5.92 Å². The Hall–Kier alpha value is -2.88. The summed E-state index contributed by atoms with van der Waals surface area (Å²) in [5, 5.41) is 9.45. The molecule has 1 aliphatic heterocycles. The second-order valence-corrected chi connectivity index (χ2v) is 5.96. The standard InChI is InChI=1S/C20H18O4/c1-12(21)3-4-14-5-10-18-17(11-14)19(13(2)22)20(24-18)15-6-8-16(23)9-7-15/h3-11,19-20,23H,1-2H3/b4-3+/t19-,20+/m1/s1. The van der Waals surface area contributed by atoms with Gasteiger partial charge in [-0.25, -0.2) is 0 Å². The summed E-state index contributed by atoms with van der Waals surface area (Å²) in [6, 6.07) is 12.3. The molecule has 0 saturated heterocycles. The van der Waals surface area contributed by atoms with Crippen LogP contribution in [0.25, 0.3) is 6.08 Å². The SMILES string of the molecule is CC(=O)/C=C/c1ccc2c(c1)[C@@H](C(C)=O)[C@H](c1ccc(O)cc1)O2. The molecule has 1 aliphatic rings. The molecule has 2 aromatic carbocycles. The number of allylic oxidation sites excluding steroid dienone is 1. The molecule has 0 unspecified atom stereocenters. The minimum atomic E-state index is -0.412.